The normalized spacial score (nSPS) is 29.6. The number of carboxylic acids is 1. The minimum absolute atomic E-state index is 0.0678. The van der Waals surface area contributed by atoms with Gasteiger partial charge >= 0.3 is 12.0 Å². The van der Waals surface area contributed by atoms with E-state index in [1.54, 1.807) is 6.92 Å². The number of aliphatic carboxylic acids is 1. The summed E-state index contributed by atoms with van der Waals surface area (Å²) in [6.07, 6.45) is 6.91. The number of hydrogen-bond acceptors (Lipinski definition) is 3. The monoisotopic (exact) mass is 286 g/mol. The highest BCUT2D eigenvalue weighted by molar-refractivity contribution is 7.99. The third-order valence-electron chi connectivity index (χ3n) is 4.26. The van der Waals surface area contributed by atoms with Gasteiger partial charge < -0.3 is 15.7 Å². The number of rotatable bonds is 5. The highest BCUT2D eigenvalue weighted by atomic mass is 32.2. The first-order valence-corrected chi connectivity index (χ1v) is 8.09. The lowest BCUT2D eigenvalue weighted by atomic mass is 9.96. The molecule has 19 heavy (non-hydrogen) atoms. The number of carboxylic acid groups (broad SMARTS) is 1. The van der Waals surface area contributed by atoms with Crippen LogP contribution in [0.4, 0.5) is 4.79 Å². The number of hydrogen-bond donors (Lipinski definition) is 3. The molecular formula is C13H22N2O3S. The first kappa shape index (κ1) is 14.5. The van der Waals surface area contributed by atoms with Crippen LogP contribution in [0.2, 0.25) is 0 Å². The Labute approximate surface area is 117 Å². The predicted octanol–water partition coefficient (Wildman–Crippen LogP) is 1.82. The zero-order valence-corrected chi connectivity index (χ0v) is 12.3. The first-order valence-electron chi connectivity index (χ1n) is 6.80. The van der Waals surface area contributed by atoms with Gasteiger partial charge in [-0.15, -0.1) is 0 Å². The molecule has 108 valence electrons. The maximum atomic E-state index is 12.0. The fraction of sp³-hybridized carbons (Fsp3) is 0.846. The number of urea groups is 1. The lowest BCUT2D eigenvalue weighted by Gasteiger charge is -2.27. The second-order valence-corrected chi connectivity index (χ2v) is 6.89. The van der Waals surface area contributed by atoms with E-state index in [0.717, 1.165) is 32.1 Å². The fourth-order valence-electron chi connectivity index (χ4n) is 2.73. The van der Waals surface area contributed by atoms with Crippen LogP contribution in [-0.4, -0.2) is 40.2 Å². The van der Waals surface area contributed by atoms with Gasteiger partial charge in [-0.25, -0.2) is 9.59 Å². The van der Waals surface area contributed by atoms with Gasteiger partial charge in [0.1, 0.15) is 5.54 Å². The van der Waals surface area contributed by atoms with E-state index in [4.69, 9.17) is 0 Å². The molecule has 5 nitrogen and oxygen atoms in total. The average molecular weight is 286 g/mol. The zero-order valence-electron chi connectivity index (χ0n) is 11.4. The highest BCUT2D eigenvalue weighted by Crippen LogP contribution is 2.39. The van der Waals surface area contributed by atoms with Gasteiger partial charge in [-0.1, -0.05) is 0 Å². The molecule has 0 spiro atoms. The van der Waals surface area contributed by atoms with Crippen LogP contribution in [0.25, 0.3) is 0 Å². The fourth-order valence-corrected chi connectivity index (χ4v) is 3.53. The second-order valence-electron chi connectivity index (χ2n) is 5.75. The van der Waals surface area contributed by atoms with Gasteiger partial charge in [-0.2, -0.15) is 11.8 Å². The van der Waals surface area contributed by atoms with Crippen molar-refractivity contribution in [2.24, 2.45) is 5.92 Å². The molecule has 3 unspecified atom stereocenters. The molecule has 2 aliphatic rings. The Hall–Kier alpha value is -0.910. The van der Waals surface area contributed by atoms with E-state index in [2.05, 4.69) is 16.9 Å². The van der Waals surface area contributed by atoms with Crippen molar-refractivity contribution in [2.75, 3.05) is 6.26 Å². The van der Waals surface area contributed by atoms with Crippen molar-refractivity contribution in [1.29, 1.82) is 0 Å². The van der Waals surface area contributed by atoms with E-state index in [1.165, 1.54) is 0 Å². The topological polar surface area (TPSA) is 78.4 Å². The summed E-state index contributed by atoms with van der Waals surface area (Å²) in [6.45, 7) is 1.60. The van der Waals surface area contributed by atoms with Crippen LogP contribution in [0.15, 0.2) is 0 Å². The van der Waals surface area contributed by atoms with Crippen molar-refractivity contribution in [1.82, 2.24) is 10.6 Å². The Balaban J connectivity index is 1.85. The van der Waals surface area contributed by atoms with E-state index < -0.39 is 11.5 Å². The lowest BCUT2D eigenvalue weighted by Crippen LogP contribution is -2.57. The van der Waals surface area contributed by atoms with Gasteiger partial charge in [0.15, 0.2) is 0 Å². The molecule has 0 aromatic heterocycles. The van der Waals surface area contributed by atoms with E-state index in [1.807, 2.05) is 11.8 Å². The van der Waals surface area contributed by atoms with E-state index in [-0.39, 0.29) is 18.0 Å². The maximum absolute atomic E-state index is 12.0. The van der Waals surface area contributed by atoms with Crippen molar-refractivity contribution in [3.63, 3.8) is 0 Å². The number of nitrogens with one attached hydrogen (secondary N) is 2. The SMILES string of the molecule is CSC1CCC(NC(=O)NC(C)(C(=O)O)C2CC2)C1. The smallest absolute Gasteiger partial charge is 0.329 e. The second kappa shape index (κ2) is 5.61. The van der Waals surface area contributed by atoms with Gasteiger partial charge in [0.05, 0.1) is 0 Å². The Kier molecular flexibility index (Phi) is 4.28. The summed E-state index contributed by atoms with van der Waals surface area (Å²) in [6, 6.07) is -0.168. The summed E-state index contributed by atoms with van der Waals surface area (Å²) in [5.74, 6) is -0.878. The Morgan fingerprint density at radius 1 is 1.26 bits per heavy atom. The zero-order chi connectivity index (χ0) is 14.0. The van der Waals surface area contributed by atoms with Crippen LogP contribution < -0.4 is 10.6 Å². The van der Waals surface area contributed by atoms with Crippen LogP contribution >= 0.6 is 11.8 Å². The lowest BCUT2D eigenvalue weighted by molar-refractivity contribution is -0.144. The van der Waals surface area contributed by atoms with Crippen LogP contribution in [0, 0.1) is 5.92 Å². The molecule has 3 N–H and O–H groups in total. The minimum atomic E-state index is -1.12. The highest BCUT2D eigenvalue weighted by Gasteiger charge is 2.48. The number of thioether (sulfide) groups is 1. The van der Waals surface area contributed by atoms with Crippen LogP contribution in [-0.2, 0) is 4.79 Å². The van der Waals surface area contributed by atoms with Crippen LogP contribution in [0.3, 0.4) is 0 Å². The van der Waals surface area contributed by atoms with Gasteiger partial charge in [0.2, 0.25) is 0 Å². The van der Waals surface area contributed by atoms with Gasteiger partial charge in [0, 0.05) is 11.3 Å². The Morgan fingerprint density at radius 3 is 2.42 bits per heavy atom. The maximum Gasteiger partial charge on any atom is 0.329 e. The summed E-state index contributed by atoms with van der Waals surface area (Å²) in [5, 5.41) is 15.5. The molecule has 2 saturated carbocycles. The Bertz CT molecular complexity index is 373. The number of carbonyl (C=O) groups is 2. The van der Waals surface area contributed by atoms with Crippen molar-refractivity contribution in [3.8, 4) is 0 Å². The molecule has 2 amide bonds. The van der Waals surface area contributed by atoms with Crippen molar-refractivity contribution in [2.45, 2.75) is 55.9 Å². The molecule has 2 fully saturated rings. The molecule has 3 atom stereocenters. The third-order valence-corrected chi connectivity index (χ3v) is 5.36. The average Bonchev–Trinajstić information content (AvgIpc) is 3.11. The largest absolute Gasteiger partial charge is 0.480 e. The predicted molar refractivity (Wildman–Crippen MR) is 75.4 cm³/mol. The summed E-state index contributed by atoms with van der Waals surface area (Å²) in [4.78, 5) is 23.3. The Morgan fingerprint density at radius 2 is 1.95 bits per heavy atom. The number of amides is 2. The molecule has 0 heterocycles. The summed E-state index contributed by atoms with van der Waals surface area (Å²) >= 11 is 1.83. The quantitative estimate of drug-likeness (QED) is 0.720. The summed E-state index contributed by atoms with van der Waals surface area (Å²) in [5.41, 5.74) is -1.12. The van der Waals surface area contributed by atoms with E-state index in [0.29, 0.717) is 5.25 Å². The summed E-state index contributed by atoms with van der Waals surface area (Å²) < 4.78 is 0. The van der Waals surface area contributed by atoms with Gasteiger partial charge in [-0.3, -0.25) is 0 Å². The first-order chi connectivity index (χ1) is 8.95. The molecule has 2 aliphatic carbocycles. The molecule has 0 bridgehead atoms. The molecule has 2 rings (SSSR count). The molecule has 0 aromatic rings. The van der Waals surface area contributed by atoms with E-state index >= 15 is 0 Å². The third kappa shape index (κ3) is 3.35. The van der Waals surface area contributed by atoms with Crippen molar-refractivity contribution >= 4 is 23.8 Å². The molecule has 6 heteroatoms. The summed E-state index contributed by atoms with van der Waals surface area (Å²) in [7, 11) is 0. The molecule has 0 aliphatic heterocycles. The van der Waals surface area contributed by atoms with Gasteiger partial charge in [-0.05, 0) is 51.2 Å². The molecule has 0 aromatic carbocycles. The molecule has 0 radical (unpaired) electrons. The van der Waals surface area contributed by atoms with E-state index in [9.17, 15) is 14.7 Å². The molecular weight excluding hydrogens is 264 g/mol. The van der Waals surface area contributed by atoms with Crippen molar-refractivity contribution in [3.05, 3.63) is 0 Å². The van der Waals surface area contributed by atoms with Crippen molar-refractivity contribution < 1.29 is 14.7 Å². The standard InChI is InChI=1S/C13H22N2O3S/c1-13(11(16)17,8-3-4-8)15-12(18)14-9-5-6-10(7-9)19-2/h8-10H,3-7H2,1-2H3,(H,16,17)(H2,14,15,18). The van der Waals surface area contributed by atoms with Gasteiger partial charge in [0.25, 0.3) is 0 Å². The molecule has 0 saturated heterocycles. The van der Waals surface area contributed by atoms with Crippen LogP contribution in [0.1, 0.15) is 39.0 Å². The number of carbonyl (C=O) groups excluding carboxylic acids is 1. The van der Waals surface area contributed by atoms with Crippen LogP contribution in [0.5, 0.6) is 0 Å². The minimum Gasteiger partial charge on any atom is -0.480 e.